The number of aromatic nitrogens is 2. The zero-order valence-corrected chi connectivity index (χ0v) is 12.4. The van der Waals surface area contributed by atoms with Crippen LogP contribution in [0.2, 0.25) is 0 Å². The second kappa shape index (κ2) is 5.85. The third-order valence-electron chi connectivity index (χ3n) is 2.87. The van der Waals surface area contributed by atoms with Crippen molar-refractivity contribution in [2.24, 2.45) is 5.41 Å². The van der Waals surface area contributed by atoms with Gasteiger partial charge in [0.15, 0.2) is 0 Å². The van der Waals surface area contributed by atoms with Gasteiger partial charge in [-0.15, -0.1) is 0 Å². The molecule has 0 aliphatic carbocycles. The van der Waals surface area contributed by atoms with E-state index in [0.717, 1.165) is 13.0 Å². The maximum absolute atomic E-state index is 4.29. The summed E-state index contributed by atoms with van der Waals surface area (Å²) in [6.45, 7) is 9.92. The Labute approximate surface area is 108 Å². The SMILES string of the molecule is CCn1cc(CCCC(Br)C(C)(C)C)cn1. The molecule has 1 atom stereocenters. The summed E-state index contributed by atoms with van der Waals surface area (Å²) in [5.41, 5.74) is 1.71. The van der Waals surface area contributed by atoms with Crippen LogP contribution in [0.25, 0.3) is 0 Å². The lowest BCUT2D eigenvalue weighted by molar-refractivity contribution is 0.380. The molecule has 0 spiro atoms. The Bertz CT molecular complexity index is 312. The first-order chi connectivity index (χ1) is 7.43. The van der Waals surface area contributed by atoms with Crippen molar-refractivity contribution in [2.45, 2.75) is 58.3 Å². The van der Waals surface area contributed by atoms with E-state index in [-0.39, 0.29) is 0 Å². The molecular weight excluding hydrogens is 264 g/mol. The van der Waals surface area contributed by atoms with Crippen LogP contribution in [0.5, 0.6) is 0 Å². The zero-order chi connectivity index (χ0) is 12.2. The molecule has 0 aliphatic rings. The van der Waals surface area contributed by atoms with Crippen LogP contribution in [0.4, 0.5) is 0 Å². The van der Waals surface area contributed by atoms with Gasteiger partial charge in [-0.05, 0) is 37.2 Å². The van der Waals surface area contributed by atoms with Crippen molar-refractivity contribution in [2.75, 3.05) is 0 Å². The Morgan fingerprint density at radius 2 is 2.12 bits per heavy atom. The van der Waals surface area contributed by atoms with Crippen molar-refractivity contribution >= 4 is 15.9 Å². The molecule has 0 N–H and O–H groups in total. The van der Waals surface area contributed by atoms with Gasteiger partial charge in [0.05, 0.1) is 6.20 Å². The molecular formula is C13H23BrN2. The zero-order valence-electron chi connectivity index (χ0n) is 10.8. The lowest BCUT2D eigenvalue weighted by atomic mass is 9.89. The van der Waals surface area contributed by atoms with Gasteiger partial charge in [0.25, 0.3) is 0 Å². The number of rotatable bonds is 5. The van der Waals surface area contributed by atoms with E-state index in [0.29, 0.717) is 10.2 Å². The van der Waals surface area contributed by atoms with Crippen LogP contribution in [0.1, 0.15) is 46.1 Å². The van der Waals surface area contributed by atoms with Crippen molar-refractivity contribution < 1.29 is 0 Å². The van der Waals surface area contributed by atoms with E-state index < -0.39 is 0 Å². The first-order valence-corrected chi connectivity index (χ1v) is 7.00. The summed E-state index contributed by atoms with van der Waals surface area (Å²) >= 11 is 3.77. The van der Waals surface area contributed by atoms with Gasteiger partial charge in [0, 0.05) is 17.6 Å². The fourth-order valence-electron chi connectivity index (χ4n) is 1.63. The highest BCUT2D eigenvalue weighted by Gasteiger charge is 2.20. The number of aryl methyl sites for hydroxylation is 2. The Morgan fingerprint density at radius 3 is 2.62 bits per heavy atom. The molecule has 0 radical (unpaired) electrons. The average molecular weight is 287 g/mol. The first kappa shape index (κ1) is 13.8. The summed E-state index contributed by atoms with van der Waals surface area (Å²) in [5.74, 6) is 0. The molecule has 0 saturated heterocycles. The van der Waals surface area contributed by atoms with E-state index in [1.165, 1.54) is 18.4 Å². The molecule has 0 bridgehead atoms. The van der Waals surface area contributed by atoms with Crippen LogP contribution in [-0.4, -0.2) is 14.6 Å². The minimum Gasteiger partial charge on any atom is -0.273 e. The number of hydrogen-bond acceptors (Lipinski definition) is 1. The van der Waals surface area contributed by atoms with Gasteiger partial charge in [-0.1, -0.05) is 36.7 Å². The van der Waals surface area contributed by atoms with Crippen LogP contribution >= 0.6 is 15.9 Å². The summed E-state index contributed by atoms with van der Waals surface area (Å²) in [6.07, 6.45) is 7.73. The van der Waals surface area contributed by atoms with Gasteiger partial charge >= 0.3 is 0 Å². The van der Waals surface area contributed by atoms with Gasteiger partial charge < -0.3 is 0 Å². The van der Waals surface area contributed by atoms with E-state index in [1.807, 2.05) is 10.9 Å². The molecule has 0 fully saturated rings. The molecule has 0 amide bonds. The van der Waals surface area contributed by atoms with Crippen molar-refractivity contribution in [1.82, 2.24) is 9.78 Å². The average Bonchev–Trinajstić information content (AvgIpc) is 2.64. The van der Waals surface area contributed by atoms with Crippen molar-refractivity contribution in [3.63, 3.8) is 0 Å². The molecule has 16 heavy (non-hydrogen) atoms. The summed E-state index contributed by atoms with van der Waals surface area (Å²) < 4.78 is 1.99. The predicted molar refractivity (Wildman–Crippen MR) is 73.0 cm³/mol. The normalized spacial score (nSPS) is 14.1. The van der Waals surface area contributed by atoms with E-state index >= 15 is 0 Å². The molecule has 1 heterocycles. The van der Waals surface area contributed by atoms with E-state index in [9.17, 15) is 0 Å². The Balaban J connectivity index is 2.30. The van der Waals surface area contributed by atoms with Crippen LogP contribution < -0.4 is 0 Å². The smallest absolute Gasteiger partial charge is 0.0521 e. The van der Waals surface area contributed by atoms with E-state index in [2.05, 4.69) is 54.9 Å². The Kier molecular flexibility index (Phi) is 5.03. The Morgan fingerprint density at radius 1 is 1.44 bits per heavy atom. The molecule has 1 unspecified atom stereocenters. The minimum absolute atomic E-state index is 0.355. The molecule has 1 rings (SSSR count). The van der Waals surface area contributed by atoms with Gasteiger partial charge in [-0.25, -0.2) is 0 Å². The van der Waals surface area contributed by atoms with Gasteiger partial charge in [-0.3, -0.25) is 4.68 Å². The van der Waals surface area contributed by atoms with Crippen LogP contribution in [0, 0.1) is 5.41 Å². The monoisotopic (exact) mass is 286 g/mol. The van der Waals surface area contributed by atoms with Crippen molar-refractivity contribution in [3.8, 4) is 0 Å². The molecule has 1 aromatic heterocycles. The second-order valence-corrected chi connectivity index (χ2v) is 6.54. The highest BCUT2D eigenvalue weighted by molar-refractivity contribution is 9.09. The summed E-state index contributed by atoms with van der Waals surface area (Å²) in [4.78, 5) is 0.598. The first-order valence-electron chi connectivity index (χ1n) is 6.09. The number of alkyl halides is 1. The summed E-state index contributed by atoms with van der Waals surface area (Å²) in [6, 6.07) is 0. The van der Waals surface area contributed by atoms with Crippen LogP contribution in [-0.2, 0) is 13.0 Å². The molecule has 1 aromatic rings. The third kappa shape index (κ3) is 4.28. The topological polar surface area (TPSA) is 17.8 Å². The molecule has 3 heteroatoms. The Hall–Kier alpha value is -0.310. The maximum Gasteiger partial charge on any atom is 0.0521 e. The van der Waals surface area contributed by atoms with E-state index in [4.69, 9.17) is 0 Å². The predicted octanol–water partition coefficient (Wildman–Crippen LogP) is 4.04. The molecule has 2 nitrogen and oxygen atoms in total. The summed E-state index contributed by atoms with van der Waals surface area (Å²) in [5, 5.41) is 4.29. The lowest BCUT2D eigenvalue weighted by Gasteiger charge is -2.25. The van der Waals surface area contributed by atoms with Crippen LogP contribution in [0.3, 0.4) is 0 Å². The quantitative estimate of drug-likeness (QED) is 0.747. The standard InChI is InChI=1S/C13H23BrN2/c1-5-16-10-11(9-15-16)7-6-8-12(14)13(2,3)4/h9-10,12H,5-8H2,1-4H3. The van der Waals surface area contributed by atoms with Gasteiger partial charge in [0.2, 0.25) is 0 Å². The third-order valence-corrected chi connectivity index (χ3v) is 4.70. The molecule has 0 aliphatic heterocycles. The number of halogens is 1. The highest BCUT2D eigenvalue weighted by Crippen LogP contribution is 2.29. The minimum atomic E-state index is 0.355. The van der Waals surface area contributed by atoms with Gasteiger partial charge in [-0.2, -0.15) is 5.10 Å². The van der Waals surface area contributed by atoms with Crippen molar-refractivity contribution in [3.05, 3.63) is 18.0 Å². The maximum atomic E-state index is 4.29. The number of nitrogens with zero attached hydrogens (tertiary/aromatic N) is 2. The fraction of sp³-hybridized carbons (Fsp3) is 0.769. The van der Waals surface area contributed by atoms with Gasteiger partial charge in [0.1, 0.15) is 0 Å². The lowest BCUT2D eigenvalue weighted by Crippen LogP contribution is -2.20. The number of hydrogen-bond donors (Lipinski definition) is 0. The summed E-state index contributed by atoms with van der Waals surface area (Å²) in [7, 11) is 0. The largest absolute Gasteiger partial charge is 0.273 e. The fourth-order valence-corrected chi connectivity index (χ4v) is 1.95. The molecule has 0 aromatic carbocycles. The molecule has 92 valence electrons. The van der Waals surface area contributed by atoms with Crippen molar-refractivity contribution in [1.29, 1.82) is 0 Å². The molecule has 0 saturated carbocycles. The highest BCUT2D eigenvalue weighted by atomic mass is 79.9. The van der Waals surface area contributed by atoms with Crippen LogP contribution in [0.15, 0.2) is 12.4 Å². The second-order valence-electron chi connectivity index (χ2n) is 5.43. The van der Waals surface area contributed by atoms with E-state index in [1.54, 1.807) is 0 Å².